The summed E-state index contributed by atoms with van der Waals surface area (Å²) in [5.74, 6) is 0. The molecule has 0 bridgehead atoms. The first-order valence-corrected chi connectivity index (χ1v) is 5.25. The van der Waals surface area contributed by atoms with Crippen LogP contribution in [0.5, 0.6) is 0 Å². The Hall–Kier alpha value is -0.990. The highest BCUT2D eigenvalue weighted by Crippen LogP contribution is 2.30. The van der Waals surface area contributed by atoms with Gasteiger partial charge in [-0.2, -0.15) is 0 Å². The van der Waals surface area contributed by atoms with E-state index in [0.29, 0.717) is 5.02 Å². The van der Waals surface area contributed by atoms with Crippen molar-refractivity contribution in [1.29, 1.82) is 0 Å². The highest BCUT2D eigenvalue weighted by Gasteiger charge is 2.18. The summed E-state index contributed by atoms with van der Waals surface area (Å²) < 4.78 is 2.00. The van der Waals surface area contributed by atoms with Gasteiger partial charge >= 0.3 is 0 Å². The first-order valence-electron chi connectivity index (χ1n) is 4.87. The Morgan fingerprint density at radius 3 is 2.60 bits per heavy atom. The van der Waals surface area contributed by atoms with Crippen molar-refractivity contribution in [3.8, 4) is 0 Å². The SMILES string of the molecule is Cn1ccc2c(Cl)cc(C(C)(C)O)cc21. The maximum Gasteiger partial charge on any atom is 0.0841 e. The van der Waals surface area contributed by atoms with Crippen LogP contribution in [0.4, 0.5) is 0 Å². The lowest BCUT2D eigenvalue weighted by molar-refractivity contribution is 0.0787. The number of benzene rings is 1. The molecule has 2 nitrogen and oxygen atoms in total. The minimum absolute atomic E-state index is 0.685. The van der Waals surface area contributed by atoms with E-state index < -0.39 is 5.60 Å². The van der Waals surface area contributed by atoms with Crippen LogP contribution < -0.4 is 0 Å². The standard InChI is InChI=1S/C12H14ClNO/c1-12(2,15)8-6-10(13)9-4-5-14(3)11(9)7-8/h4-7,15H,1-3H3. The third-order valence-electron chi connectivity index (χ3n) is 2.66. The highest BCUT2D eigenvalue weighted by molar-refractivity contribution is 6.35. The molecule has 2 rings (SSSR count). The fourth-order valence-electron chi connectivity index (χ4n) is 1.68. The van der Waals surface area contributed by atoms with E-state index >= 15 is 0 Å². The fourth-order valence-corrected chi connectivity index (χ4v) is 1.96. The lowest BCUT2D eigenvalue weighted by atomic mass is 9.97. The Morgan fingerprint density at radius 2 is 2.00 bits per heavy atom. The Kier molecular flexibility index (Phi) is 2.28. The van der Waals surface area contributed by atoms with E-state index in [1.165, 1.54) is 0 Å². The molecule has 0 aliphatic heterocycles. The molecule has 0 atom stereocenters. The second-order valence-corrected chi connectivity index (χ2v) is 4.78. The molecule has 3 heteroatoms. The van der Waals surface area contributed by atoms with Gasteiger partial charge in [0, 0.05) is 24.1 Å². The number of aromatic nitrogens is 1. The molecule has 1 aromatic carbocycles. The van der Waals surface area contributed by atoms with Gasteiger partial charge in [0.25, 0.3) is 0 Å². The fraction of sp³-hybridized carbons (Fsp3) is 0.333. The second kappa shape index (κ2) is 3.26. The minimum Gasteiger partial charge on any atom is -0.386 e. The van der Waals surface area contributed by atoms with Gasteiger partial charge in [-0.05, 0) is 37.6 Å². The molecule has 0 saturated heterocycles. The van der Waals surface area contributed by atoms with Crippen molar-refractivity contribution in [2.75, 3.05) is 0 Å². The van der Waals surface area contributed by atoms with Crippen molar-refractivity contribution in [2.45, 2.75) is 19.4 Å². The van der Waals surface area contributed by atoms with E-state index in [1.54, 1.807) is 13.8 Å². The molecule has 80 valence electrons. The van der Waals surface area contributed by atoms with Crippen LogP contribution in [0.1, 0.15) is 19.4 Å². The molecule has 0 radical (unpaired) electrons. The van der Waals surface area contributed by atoms with Crippen molar-refractivity contribution >= 4 is 22.5 Å². The van der Waals surface area contributed by atoms with Crippen LogP contribution in [0.25, 0.3) is 10.9 Å². The molecule has 15 heavy (non-hydrogen) atoms. The monoisotopic (exact) mass is 223 g/mol. The van der Waals surface area contributed by atoms with Crippen LogP contribution >= 0.6 is 11.6 Å². The number of rotatable bonds is 1. The van der Waals surface area contributed by atoms with Gasteiger partial charge in [0.15, 0.2) is 0 Å². The number of halogens is 1. The molecular weight excluding hydrogens is 210 g/mol. The van der Waals surface area contributed by atoms with Gasteiger partial charge < -0.3 is 9.67 Å². The number of nitrogens with zero attached hydrogens (tertiary/aromatic N) is 1. The van der Waals surface area contributed by atoms with Gasteiger partial charge in [-0.1, -0.05) is 11.6 Å². The predicted molar refractivity (Wildman–Crippen MR) is 63.2 cm³/mol. The number of aryl methyl sites for hydroxylation is 1. The maximum atomic E-state index is 9.93. The summed E-state index contributed by atoms with van der Waals surface area (Å²) >= 11 is 6.16. The molecule has 1 aromatic heterocycles. The summed E-state index contributed by atoms with van der Waals surface area (Å²) in [4.78, 5) is 0. The zero-order chi connectivity index (χ0) is 11.2. The highest BCUT2D eigenvalue weighted by atomic mass is 35.5. The van der Waals surface area contributed by atoms with Gasteiger partial charge in [-0.3, -0.25) is 0 Å². The molecule has 0 amide bonds. The summed E-state index contributed by atoms with van der Waals surface area (Å²) in [6, 6.07) is 5.77. The van der Waals surface area contributed by atoms with Crippen LogP contribution in [-0.2, 0) is 12.6 Å². The quantitative estimate of drug-likeness (QED) is 0.790. The normalized spacial score (nSPS) is 12.3. The third-order valence-corrected chi connectivity index (χ3v) is 2.97. The van der Waals surface area contributed by atoms with Crippen LogP contribution in [0.15, 0.2) is 24.4 Å². The van der Waals surface area contributed by atoms with Crippen molar-refractivity contribution in [2.24, 2.45) is 7.05 Å². The summed E-state index contributed by atoms with van der Waals surface area (Å²) in [5, 5.41) is 11.6. The van der Waals surface area contributed by atoms with Crippen LogP contribution in [0, 0.1) is 0 Å². The molecule has 0 unspecified atom stereocenters. The van der Waals surface area contributed by atoms with Gasteiger partial charge in [0.05, 0.1) is 10.6 Å². The van der Waals surface area contributed by atoms with Crippen molar-refractivity contribution in [3.63, 3.8) is 0 Å². The average molecular weight is 224 g/mol. The summed E-state index contributed by atoms with van der Waals surface area (Å²) in [6.07, 6.45) is 1.96. The number of fused-ring (bicyclic) bond motifs is 1. The molecule has 0 aliphatic rings. The third kappa shape index (κ3) is 1.75. The van der Waals surface area contributed by atoms with Crippen molar-refractivity contribution in [3.05, 3.63) is 35.0 Å². The molecule has 0 fully saturated rings. The average Bonchev–Trinajstić information content (AvgIpc) is 2.47. The van der Waals surface area contributed by atoms with E-state index in [0.717, 1.165) is 16.5 Å². The lowest BCUT2D eigenvalue weighted by Crippen LogP contribution is -2.15. The molecule has 1 N–H and O–H groups in total. The summed E-state index contributed by atoms with van der Waals surface area (Å²) in [6.45, 7) is 3.51. The zero-order valence-electron chi connectivity index (χ0n) is 9.08. The smallest absolute Gasteiger partial charge is 0.0841 e. The topological polar surface area (TPSA) is 25.2 Å². The van der Waals surface area contributed by atoms with Crippen molar-refractivity contribution in [1.82, 2.24) is 4.57 Å². The van der Waals surface area contributed by atoms with Crippen LogP contribution in [-0.4, -0.2) is 9.67 Å². The summed E-state index contributed by atoms with van der Waals surface area (Å²) in [7, 11) is 1.97. The molecule has 2 aromatic rings. The van der Waals surface area contributed by atoms with E-state index in [2.05, 4.69) is 0 Å². The zero-order valence-corrected chi connectivity index (χ0v) is 9.84. The Bertz CT molecular complexity index is 508. The second-order valence-electron chi connectivity index (χ2n) is 4.38. The maximum absolute atomic E-state index is 9.93. The van der Waals surface area contributed by atoms with E-state index in [1.807, 2.05) is 36.0 Å². The van der Waals surface area contributed by atoms with Crippen molar-refractivity contribution < 1.29 is 5.11 Å². The number of aliphatic hydroxyl groups is 1. The molecular formula is C12H14ClNO. The summed E-state index contributed by atoms with van der Waals surface area (Å²) in [5.41, 5.74) is 1.02. The van der Waals surface area contributed by atoms with Gasteiger partial charge in [-0.15, -0.1) is 0 Å². The van der Waals surface area contributed by atoms with E-state index in [9.17, 15) is 5.11 Å². The lowest BCUT2D eigenvalue weighted by Gasteiger charge is -2.18. The molecule has 0 aliphatic carbocycles. The van der Waals surface area contributed by atoms with Gasteiger partial charge in [0.2, 0.25) is 0 Å². The van der Waals surface area contributed by atoms with Gasteiger partial charge in [0.1, 0.15) is 0 Å². The van der Waals surface area contributed by atoms with E-state index in [-0.39, 0.29) is 0 Å². The van der Waals surface area contributed by atoms with E-state index in [4.69, 9.17) is 11.6 Å². The van der Waals surface area contributed by atoms with Crippen LogP contribution in [0.2, 0.25) is 5.02 Å². The predicted octanol–water partition coefficient (Wildman–Crippen LogP) is 3.06. The minimum atomic E-state index is -0.859. The number of hydrogen-bond donors (Lipinski definition) is 1. The molecule has 0 saturated carbocycles. The largest absolute Gasteiger partial charge is 0.386 e. The molecule has 1 heterocycles. The van der Waals surface area contributed by atoms with Crippen LogP contribution in [0.3, 0.4) is 0 Å². The Balaban J connectivity index is 2.76. The Morgan fingerprint density at radius 1 is 1.33 bits per heavy atom. The van der Waals surface area contributed by atoms with Gasteiger partial charge in [-0.25, -0.2) is 0 Å². The molecule has 0 spiro atoms. The number of hydrogen-bond acceptors (Lipinski definition) is 1. The Labute approximate surface area is 94.1 Å². The first-order chi connectivity index (χ1) is 6.89. The first kappa shape index (κ1) is 10.5.